The summed E-state index contributed by atoms with van der Waals surface area (Å²) in [6.45, 7) is 1.72. The van der Waals surface area contributed by atoms with Gasteiger partial charge < -0.3 is 0 Å². The van der Waals surface area contributed by atoms with E-state index in [1.165, 1.54) is 22.8 Å². The molecule has 4 aromatic rings. The maximum atomic E-state index is 13.0. The van der Waals surface area contributed by atoms with Crippen molar-refractivity contribution in [3.05, 3.63) is 93.0 Å². The molecule has 9 heteroatoms. The first-order valence-electron chi connectivity index (χ1n) is 8.83. The predicted octanol–water partition coefficient (Wildman–Crippen LogP) is 4.80. The van der Waals surface area contributed by atoms with E-state index in [-0.39, 0.29) is 26.2 Å². The quantitative estimate of drug-likeness (QED) is 0.474. The number of halogens is 2. The maximum Gasteiger partial charge on any atom is 0.265 e. The molecular weight excluding hydrogens is 445 g/mol. The fraction of sp³-hybridized carbons (Fsp3) is 0.0476. The van der Waals surface area contributed by atoms with Gasteiger partial charge in [0.1, 0.15) is 10.7 Å². The second kappa shape index (κ2) is 7.75. The fourth-order valence-electron chi connectivity index (χ4n) is 3.15. The third-order valence-corrected chi connectivity index (χ3v) is 6.58. The van der Waals surface area contributed by atoms with Crippen LogP contribution in [0.5, 0.6) is 0 Å². The summed E-state index contributed by atoms with van der Waals surface area (Å²) in [6.07, 6.45) is 0. The molecule has 0 bridgehead atoms. The van der Waals surface area contributed by atoms with Crippen molar-refractivity contribution < 1.29 is 8.42 Å². The van der Waals surface area contributed by atoms with Gasteiger partial charge in [-0.2, -0.15) is 0 Å². The second-order valence-electron chi connectivity index (χ2n) is 6.55. The van der Waals surface area contributed by atoms with E-state index in [9.17, 15) is 13.2 Å². The predicted molar refractivity (Wildman–Crippen MR) is 119 cm³/mol. The van der Waals surface area contributed by atoms with Crippen LogP contribution >= 0.6 is 23.2 Å². The van der Waals surface area contributed by atoms with Crippen LogP contribution < -0.4 is 10.3 Å². The van der Waals surface area contributed by atoms with Crippen LogP contribution in [0.4, 0.5) is 5.69 Å². The highest BCUT2D eigenvalue weighted by Gasteiger charge is 2.19. The van der Waals surface area contributed by atoms with Crippen LogP contribution in [0.1, 0.15) is 5.82 Å². The van der Waals surface area contributed by atoms with Crippen LogP contribution in [0.25, 0.3) is 16.6 Å². The zero-order valence-corrected chi connectivity index (χ0v) is 18.0. The topological polar surface area (TPSA) is 81.1 Å². The van der Waals surface area contributed by atoms with Crippen LogP contribution in [0.3, 0.4) is 0 Å². The van der Waals surface area contributed by atoms with Crippen molar-refractivity contribution in [1.29, 1.82) is 0 Å². The lowest BCUT2D eigenvalue weighted by atomic mass is 10.2. The largest absolute Gasteiger partial charge is 0.280 e. The standard InChI is InChI=1S/C21H15Cl2N3O3S/c1-13-24-19-8-3-2-7-17(19)21(27)26(13)16-6-4-5-15(12-16)25-30(28,29)20-11-14(22)9-10-18(20)23/h2-12,25H,1H3. The molecule has 0 amide bonds. The molecule has 1 N–H and O–H groups in total. The molecule has 0 aliphatic heterocycles. The van der Waals surface area contributed by atoms with Gasteiger partial charge in [0.05, 0.1) is 27.3 Å². The van der Waals surface area contributed by atoms with Crippen molar-refractivity contribution in [2.24, 2.45) is 0 Å². The Bertz CT molecular complexity index is 1450. The number of aromatic nitrogens is 2. The Morgan fingerprint density at radius 1 is 0.967 bits per heavy atom. The smallest absolute Gasteiger partial charge is 0.265 e. The Labute approximate surface area is 182 Å². The fourth-order valence-corrected chi connectivity index (χ4v) is 4.96. The summed E-state index contributed by atoms with van der Waals surface area (Å²) < 4.78 is 29.5. The second-order valence-corrected chi connectivity index (χ2v) is 9.04. The Balaban J connectivity index is 1.78. The number of nitrogens with one attached hydrogen (secondary N) is 1. The molecule has 0 saturated carbocycles. The van der Waals surface area contributed by atoms with Crippen molar-refractivity contribution in [3.8, 4) is 5.69 Å². The minimum atomic E-state index is -3.99. The Morgan fingerprint density at radius 3 is 2.53 bits per heavy atom. The van der Waals surface area contributed by atoms with Crippen molar-refractivity contribution in [3.63, 3.8) is 0 Å². The molecule has 0 unspecified atom stereocenters. The minimum Gasteiger partial charge on any atom is -0.280 e. The van der Waals surface area contributed by atoms with E-state index in [1.807, 2.05) is 6.07 Å². The van der Waals surface area contributed by atoms with Crippen LogP contribution in [-0.4, -0.2) is 18.0 Å². The molecule has 3 aromatic carbocycles. The molecule has 4 rings (SSSR count). The molecule has 0 spiro atoms. The Kier molecular flexibility index (Phi) is 5.27. The van der Waals surface area contributed by atoms with Crippen molar-refractivity contribution in [2.75, 3.05) is 4.72 Å². The number of fused-ring (bicyclic) bond motifs is 1. The first kappa shape index (κ1) is 20.4. The monoisotopic (exact) mass is 459 g/mol. The summed E-state index contributed by atoms with van der Waals surface area (Å²) in [4.78, 5) is 17.3. The highest BCUT2D eigenvalue weighted by molar-refractivity contribution is 7.92. The molecule has 0 aliphatic carbocycles. The summed E-state index contributed by atoms with van der Waals surface area (Å²) in [6, 6.07) is 17.7. The number of hydrogen-bond acceptors (Lipinski definition) is 4. The van der Waals surface area contributed by atoms with E-state index in [0.717, 1.165) is 0 Å². The average Bonchev–Trinajstić information content (AvgIpc) is 2.70. The number of para-hydroxylation sites is 1. The van der Waals surface area contributed by atoms with Gasteiger partial charge in [0.2, 0.25) is 0 Å². The summed E-state index contributed by atoms with van der Waals surface area (Å²) in [7, 11) is -3.99. The van der Waals surface area contributed by atoms with Gasteiger partial charge in [-0.15, -0.1) is 0 Å². The van der Waals surface area contributed by atoms with Gasteiger partial charge in [0.25, 0.3) is 15.6 Å². The Morgan fingerprint density at radius 2 is 1.73 bits per heavy atom. The van der Waals surface area contributed by atoms with Gasteiger partial charge in [0.15, 0.2) is 0 Å². The SMILES string of the molecule is Cc1nc2ccccc2c(=O)n1-c1cccc(NS(=O)(=O)c2cc(Cl)ccc2Cl)c1. The van der Waals surface area contributed by atoms with Gasteiger partial charge in [-0.05, 0) is 55.5 Å². The maximum absolute atomic E-state index is 13.0. The molecule has 0 saturated heterocycles. The first-order chi connectivity index (χ1) is 14.3. The average molecular weight is 460 g/mol. The van der Waals surface area contributed by atoms with Crippen molar-refractivity contribution in [2.45, 2.75) is 11.8 Å². The lowest BCUT2D eigenvalue weighted by Crippen LogP contribution is -2.22. The summed E-state index contributed by atoms with van der Waals surface area (Å²) >= 11 is 12.0. The van der Waals surface area contributed by atoms with Crippen LogP contribution in [-0.2, 0) is 10.0 Å². The number of aryl methyl sites for hydroxylation is 1. The number of sulfonamides is 1. The molecule has 0 aliphatic rings. The van der Waals surface area contributed by atoms with E-state index in [1.54, 1.807) is 49.4 Å². The molecule has 6 nitrogen and oxygen atoms in total. The number of benzene rings is 3. The van der Waals surface area contributed by atoms with Crippen molar-refractivity contribution in [1.82, 2.24) is 9.55 Å². The number of rotatable bonds is 4. The number of nitrogens with zero attached hydrogens (tertiary/aromatic N) is 2. The summed E-state index contributed by atoms with van der Waals surface area (Å²) in [5, 5.41) is 0.770. The zero-order chi connectivity index (χ0) is 21.5. The van der Waals surface area contributed by atoms with Crippen LogP contribution in [0.15, 0.2) is 76.4 Å². The number of anilines is 1. The van der Waals surface area contributed by atoms with Gasteiger partial charge in [-0.25, -0.2) is 13.4 Å². The van der Waals surface area contributed by atoms with Crippen LogP contribution in [0, 0.1) is 6.92 Å². The lowest BCUT2D eigenvalue weighted by Gasteiger charge is -2.14. The van der Waals surface area contributed by atoms with Gasteiger partial charge in [-0.1, -0.05) is 41.4 Å². The summed E-state index contributed by atoms with van der Waals surface area (Å²) in [5.41, 5.74) is 1.11. The van der Waals surface area contributed by atoms with E-state index in [4.69, 9.17) is 23.2 Å². The van der Waals surface area contributed by atoms with Gasteiger partial charge in [0, 0.05) is 5.02 Å². The molecule has 0 fully saturated rings. The molecule has 1 heterocycles. The van der Waals surface area contributed by atoms with Crippen molar-refractivity contribution >= 4 is 49.8 Å². The normalized spacial score (nSPS) is 11.6. The molecule has 0 radical (unpaired) electrons. The molecule has 0 atom stereocenters. The number of hydrogen-bond donors (Lipinski definition) is 1. The zero-order valence-electron chi connectivity index (χ0n) is 15.6. The van der Waals surface area contributed by atoms with E-state index in [0.29, 0.717) is 22.4 Å². The highest BCUT2D eigenvalue weighted by atomic mass is 35.5. The minimum absolute atomic E-state index is 0.0499. The third-order valence-electron chi connectivity index (χ3n) is 4.48. The van der Waals surface area contributed by atoms with Gasteiger partial charge >= 0.3 is 0 Å². The molecular formula is C21H15Cl2N3O3S. The van der Waals surface area contributed by atoms with E-state index in [2.05, 4.69) is 9.71 Å². The summed E-state index contributed by atoms with van der Waals surface area (Å²) in [5.74, 6) is 0.483. The Hall–Kier alpha value is -2.87. The molecule has 30 heavy (non-hydrogen) atoms. The molecule has 1 aromatic heterocycles. The van der Waals surface area contributed by atoms with Crippen LogP contribution in [0.2, 0.25) is 10.0 Å². The first-order valence-corrected chi connectivity index (χ1v) is 11.1. The van der Waals surface area contributed by atoms with E-state index < -0.39 is 10.0 Å². The highest BCUT2D eigenvalue weighted by Crippen LogP contribution is 2.27. The molecule has 152 valence electrons. The third kappa shape index (κ3) is 3.79. The van der Waals surface area contributed by atoms with E-state index >= 15 is 0 Å². The van der Waals surface area contributed by atoms with Gasteiger partial charge in [-0.3, -0.25) is 14.1 Å². The lowest BCUT2D eigenvalue weighted by molar-refractivity contribution is 0.601.